The van der Waals surface area contributed by atoms with Crippen molar-refractivity contribution in [2.75, 3.05) is 0 Å². The van der Waals surface area contributed by atoms with Crippen LogP contribution in [0.2, 0.25) is 0 Å². The van der Waals surface area contributed by atoms with Crippen LogP contribution < -0.4 is 29.6 Å². The number of phenols is 1. The molecule has 6 nitrogen and oxygen atoms in total. The maximum Gasteiger partial charge on any atom is 1.00 e. The van der Waals surface area contributed by atoms with Gasteiger partial charge in [0, 0.05) is 0 Å². The molecule has 0 fully saturated rings. The van der Waals surface area contributed by atoms with Crippen molar-refractivity contribution >= 4 is 5.97 Å². The van der Waals surface area contributed by atoms with E-state index in [0.717, 1.165) is 5.34 Å². The van der Waals surface area contributed by atoms with Gasteiger partial charge >= 0.3 is 35.5 Å². The fraction of sp³-hybridized carbons (Fsp3) is 0.222. The number of benzene rings is 1. The molecule has 0 amide bonds. The molecule has 1 aromatic carbocycles. The van der Waals surface area contributed by atoms with Crippen LogP contribution in [0.5, 0.6) is 5.75 Å². The van der Waals surface area contributed by atoms with Crippen molar-refractivity contribution in [3.63, 3.8) is 0 Å². The van der Waals surface area contributed by atoms with Crippen LogP contribution >= 0.6 is 0 Å². The Kier molecular flexibility index (Phi) is 9.88. The molecule has 0 heterocycles. The largest absolute Gasteiger partial charge is 1.00 e. The summed E-state index contributed by atoms with van der Waals surface area (Å²) in [5, 5.41) is 26.8. The number of aromatic carboxylic acids is 1. The molecular formula is C9H10NNaO5. The molecule has 0 aliphatic heterocycles. The summed E-state index contributed by atoms with van der Waals surface area (Å²) in [7, 11) is 0. The van der Waals surface area contributed by atoms with Crippen molar-refractivity contribution in [3.8, 4) is 5.75 Å². The van der Waals surface area contributed by atoms with E-state index in [4.69, 9.17) is 20.3 Å². The Bertz CT molecular complexity index is 356. The SMILES string of the molecule is CCc1cc(O)ccc1C(=O)O.O=N[O-].[Na+]. The minimum absolute atomic E-state index is 0. The first kappa shape index (κ1) is 17.3. The fourth-order valence-electron chi connectivity index (χ4n) is 1.08. The van der Waals surface area contributed by atoms with E-state index in [9.17, 15) is 4.79 Å². The molecule has 0 aliphatic rings. The quantitative estimate of drug-likeness (QED) is 0.384. The maximum absolute atomic E-state index is 10.6. The van der Waals surface area contributed by atoms with Gasteiger partial charge in [0.05, 0.1) is 5.56 Å². The van der Waals surface area contributed by atoms with Crippen molar-refractivity contribution in [3.05, 3.63) is 39.4 Å². The normalized spacial score (nSPS) is 8.06. The Labute approximate surface area is 114 Å². The van der Waals surface area contributed by atoms with Crippen LogP contribution in [0.3, 0.4) is 0 Å². The first-order chi connectivity index (χ1) is 7.06. The Hall–Kier alpha value is -1.11. The van der Waals surface area contributed by atoms with Crippen molar-refractivity contribution < 1.29 is 44.6 Å². The number of carbonyl (C=O) groups is 1. The summed E-state index contributed by atoms with van der Waals surface area (Å²) in [6, 6.07) is 4.27. The van der Waals surface area contributed by atoms with E-state index >= 15 is 0 Å². The predicted octanol–water partition coefficient (Wildman–Crippen LogP) is -1.09. The molecule has 0 saturated carbocycles. The van der Waals surface area contributed by atoms with Gasteiger partial charge in [0.1, 0.15) is 5.75 Å². The van der Waals surface area contributed by atoms with Crippen molar-refractivity contribution in [1.82, 2.24) is 0 Å². The average molecular weight is 235 g/mol. The zero-order valence-corrected chi connectivity index (χ0v) is 11.0. The summed E-state index contributed by atoms with van der Waals surface area (Å²) >= 11 is 0. The van der Waals surface area contributed by atoms with Crippen LogP contribution in [0.15, 0.2) is 23.5 Å². The number of aromatic hydroxyl groups is 1. The Morgan fingerprint density at radius 1 is 1.50 bits per heavy atom. The Balaban J connectivity index is 0. The molecule has 0 saturated heterocycles. The van der Waals surface area contributed by atoms with Gasteiger partial charge in [-0.15, -0.1) is 5.34 Å². The van der Waals surface area contributed by atoms with E-state index < -0.39 is 5.97 Å². The summed E-state index contributed by atoms with van der Waals surface area (Å²) in [6.45, 7) is 1.85. The van der Waals surface area contributed by atoms with E-state index in [1.54, 1.807) is 0 Å². The van der Waals surface area contributed by atoms with E-state index in [1.165, 1.54) is 18.2 Å². The van der Waals surface area contributed by atoms with Crippen LogP contribution in [0.25, 0.3) is 0 Å². The third-order valence-corrected chi connectivity index (χ3v) is 1.70. The molecule has 1 aromatic rings. The van der Waals surface area contributed by atoms with Crippen LogP contribution in [-0.4, -0.2) is 16.2 Å². The minimum Gasteiger partial charge on any atom is -0.508 e. The number of carboxylic acid groups (broad SMARTS) is 1. The van der Waals surface area contributed by atoms with Gasteiger partial charge < -0.3 is 20.3 Å². The molecule has 1 rings (SSSR count). The molecule has 16 heavy (non-hydrogen) atoms. The number of carboxylic acids is 1. The van der Waals surface area contributed by atoms with Crippen molar-refractivity contribution in [2.45, 2.75) is 13.3 Å². The third-order valence-electron chi connectivity index (χ3n) is 1.70. The molecule has 0 bridgehead atoms. The van der Waals surface area contributed by atoms with E-state index in [0.29, 0.717) is 12.0 Å². The maximum atomic E-state index is 10.6. The summed E-state index contributed by atoms with van der Waals surface area (Å²) < 4.78 is 0. The number of hydrogen-bond donors (Lipinski definition) is 2. The fourth-order valence-corrected chi connectivity index (χ4v) is 1.08. The zero-order chi connectivity index (χ0) is 11.8. The van der Waals surface area contributed by atoms with Gasteiger partial charge in [0.2, 0.25) is 0 Å². The molecule has 0 spiro atoms. The van der Waals surface area contributed by atoms with Gasteiger partial charge in [-0.25, -0.2) is 4.79 Å². The molecule has 0 aromatic heterocycles. The zero-order valence-electron chi connectivity index (χ0n) is 9.01. The second-order valence-electron chi connectivity index (χ2n) is 2.57. The topological polar surface area (TPSA) is 110 Å². The van der Waals surface area contributed by atoms with Gasteiger partial charge in [0.15, 0.2) is 0 Å². The molecule has 2 N–H and O–H groups in total. The Morgan fingerprint density at radius 3 is 2.38 bits per heavy atom. The van der Waals surface area contributed by atoms with Crippen LogP contribution in [0.1, 0.15) is 22.8 Å². The number of rotatable bonds is 2. The number of phenolic OH excluding ortho intramolecular Hbond substituents is 1. The monoisotopic (exact) mass is 235 g/mol. The second-order valence-corrected chi connectivity index (χ2v) is 2.57. The first-order valence-corrected chi connectivity index (χ1v) is 4.07. The van der Waals surface area contributed by atoms with E-state index in [2.05, 4.69) is 0 Å². The molecular weight excluding hydrogens is 225 g/mol. The predicted molar refractivity (Wildman–Crippen MR) is 53.6 cm³/mol. The van der Waals surface area contributed by atoms with Crippen molar-refractivity contribution in [2.24, 2.45) is 5.34 Å². The number of aryl methyl sites for hydroxylation is 1. The summed E-state index contributed by atoms with van der Waals surface area (Å²) in [4.78, 5) is 18.6. The minimum atomic E-state index is -0.952. The summed E-state index contributed by atoms with van der Waals surface area (Å²) in [5.74, 6) is -0.844. The van der Waals surface area contributed by atoms with Crippen LogP contribution in [-0.2, 0) is 6.42 Å². The van der Waals surface area contributed by atoms with Gasteiger partial charge in [-0.05, 0) is 30.2 Å². The van der Waals surface area contributed by atoms with Crippen LogP contribution in [0.4, 0.5) is 0 Å². The van der Waals surface area contributed by atoms with E-state index in [1.807, 2.05) is 6.92 Å². The van der Waals surface area contributed by atoms with Gasteiger partial charge in [0.25, 0.3) is 0 Å². The number of hydrogen-bond acceptors (Lipinski definition) is 5. The van der Waals surface area contributed by atoms with Crippen LogP contribution in [0, 0.1) is 10.1 Å². The molecule has 0 atom stereocenters. The smallest absolute Gasteiger partial charge is 0.508 e. The molecule has 0 unspecified atom stereocenters. The molecule has 0 radical (unpaired) electrons. The van der Waals surface area contributed by atoms with Gasteiger partial charge in [-0.3, -0.25) is 0 Å². The first-order valence-electron chi connectivity index (χ1n) is 4.07. The van der Waals surface area contributed by atoms with Crippen molar-refractivity contribution in [1.29, 1.82) is 0 Å². The summed E-state index contributed by atoms with van der Waals surface area (Å²) in [6.07, 6.45) is 0.607. The summed E-state index contributed by atoms with van der Waals surface area (Å²) in [5.41, 5.74) is 0.915. The molecule has 7 heteroatoms. The Morgan fingerprint density at radius 2 is 2.00 bits per heavy atom. The number of nitrogens with zero attached hydrogens (tertiary/aromatic N) is 1. The average Bonchev–Trinajstić information content (AvgIpc) is 2.18. The molecule has 0 aliphatic carbocycles. The molecule has 82 valence electrons. The van der Waals surface area contributed by atoms with Gasteiger partial charge in [-0.2, -0.15) is 0 Å². The standard InChI is InChI=1S/C9H10O3.HNO2.Na/c1-2-6-5-7(10)3-4-8(6)9(11)12;2-1-3;/h3-5,10H,2H2,1H3,(H,11,12);(H,2,3);/q;;+1/p-1. The van der Waals surface area contributed by atoms with E-state index in [-0.39, 0.29) is 40.9 Å². The van der Waals surface area contributed by atoms with Gasteiger partial charge in [-0.1, -0.05) is 6.92 Å². The third kappa shape index (κ3) is 5.69. The second kappa shape index (κ2) is 9.14.